The molecule has 27 heavy (non-hydrogen) atoms. The van der Waals surface area contributed by atoms with Gasteiger partial charge in [-0.1, -0.05) is 60.3 Å². The van der Waals surface area contributed by atoms with Crippen LogP contribution >= 0.6 is 11.8 Å². The molecule has 0 spiro atoms. The van der Waals surface area contributed by atoms with E-state index in [0.717, 1.165) is 33.4 Å². The van der Waals surface area contributed by atoms with Gasteiger partial charge in [-0.3, -0.25) is 4.57 Å². The van der Waals surface area contributed by atoms with Crippen molar-refractivity contribution in [2.75, 3.05) is 11.5 Å². The van der Waals surface area contributed by atoms with Gasteiger partial charge in [-0.25, -0.2) is 8.42 Å². The lowest BCUT2D eigenvalue weighted by molar-refractivity contribution is 0.602. The van der Waals surface area contributed by atoms with Gasteiger partial charge in [0.1, 0.15) is 0 Å². The van der Waals surface area contributed by atoms with Gasteiger partial charge < -0.3 is 0 Å². The number of benzene rings is 2. The van der Waals surface area contributed by atoms with E-state index in [-0.39, 0.29) is 16.8 Å². The topological polar surface area (TPSA) is 64.8 Å². The Morgan fingerprint density at radius 3 is 2.33 bits per heavy atom. The van der Waals surface area contributed by atoms with Crippen molar-refractivity contribution < 1.29 is 8.42 Å². The number of hydrogen-bond donors (Lipinski definition) is 0. The van der Waals surface area contributed by atoms with Crippen LogP contribution in [0.25, 0.3) is 17.1 Å². The van der Waals surface area contributed by atoms with E-state index in [1.807, 2.05) is 36.4 Å². The molecule has 0 bridgehead atoms. The molecule has 0 N–H and O–H groups in total. The molecule has 5 nitrogen and oxygen atoms in total. The molecular formula is C20H21N3O2S2. The Bertz CT molecular complexity index is 1060. The lowest BCUT2D eigenvalue weighted by Crippen LogP contribution is -2.09. The zero-order valence-electron chi connectivity index (χ0n) is 15.3. The third kappa shape index (κ3) is 3.66. The molecule has 4 rings (SSSR count). The number of sulfone groups is 1. The number of rotatable bonds is 4. The van der Waals surface area contributed by atoms with E-state index in [2.05, 4.69) is 40.7 Å². The first-order valence-corrected chi connectivity index (χ1v) is 11.6. The third-order valence-electron chi connectivity index (χ3n) is 4.79. The summed E-state index contributed by atoms with van der Waals surface area (Å²) in [6, 6.07) is 16.2. The van der Waals surface area contributed by atoms with Crippen molar-refractivity contribution in [3.63, 3.8) is 0 Å². The van der Waals surface area contributed by atoms with E-state index in [0.29, 0.717) is 6.42 Å². The highest BCUT2D eigenvalue weighted by atomic mass is 32.2. The van der Waals surface area contributed by atoms with Crippen molar-refractivity contribution in [2.45, 2.75) is 30.7 Å². The van der Waals surface area contributed by atoms with Gasteiger partial charge in [-0.2, -0.15) is 0 Å². The average Bonchev–Trinajstić information content (AvgIpc) is 3.19. The quantitative estimate of drug-likeness (QED) is 0.667. The second-order valence-electron chi connectivity index (χ2n) is 6.89. The summed E-state index contributed by atoms with van der Waals surface area (Å²) in [4.78, 5) is 0. The summed E-state index contributed by atoms with van der Waals surface area (Å²) in [6.07, 6.45) is 0.660. The molecule has 1 aliphatic rings. The van der Waals surface area contributed by atoms with Crippen LogP contribution in [0.15, 0.2) is 53.7 Å². The molecule has 140 valence electrons. The molecule has 0 saturated carbocycles. The Balaban J connectivity index is 1.84. The number of para-hydroxylation sites is 1. The monoisotopic (exact) mass is 399 g/mol. The van der Waals surface area contributed by atoms with Gasteiger partial charge in [0.25, 0.3) is 0 Å². The highest BCUT2D eigenvalue weighted by Gasteiger charge is 2.31. The summed E-state index contributed by atoms with van der Waals surface area (Å²) in [5.41, 5.74) is 4.31. The summed E-state index contributed by atoms with van der Waals surface area (Å²) < 4.78 is 25.8. The van der Waals surface area contributed by atoms with Crippen LogP contribution in [0.2, 0.25) is 0 Å². The Morgan fingerprint density at radius 1 is 1.00 bits per heavy atom. The van der Waals surface area contributed by atoms with Crippen LogP contribution in [-0.2, 0) is 9.84 Å². The van der Waals surface area contributed by atoms with Crippen LogP contribution in [0.3, 0.4) is 0 Å². The molecule has 0 radical (unpaired) electrons. The average molecular weight is 400 g/mol. The predicted octanol–water partition coefficient (Wildman–Crippen LogP) is 3.83. The van der Waals surface area contributed by atoms with Gasteiger partial charge in [0.05, 0.1) is 17.2 Å². The summed E-state index contributed by atoms with van der Waals surface area (Å²) >= 11 is 1.52. The highest BCUT2D eigenvalue weighted by Crippen LogP contribution is 2.35. The van der Waals surface area contributed by atoms with E-state index in [1.54, 1.807) is 0 Å². The fraction of sp³-hybridized carbons (Fsp3) is 0.300. The SMILES string of the molecule is Cc1cccc(C)c1-n1c(SC2CCS(=O)(=O)C2)nnc1-c1ccccc1. The van der Waals surface area contributed by atoms with Gasteiger partial charge in [0.15, 0.2) is 20.8 Å². The molecule has 1 saturated heterocycles. The largest absolute Gasteiger partial charge is 0.269 e. The smallest absolute Gasteiger partial charge is 0.196 e. The molecule has 0 amide bonds. The van der Waals surface area contributed by atoms with Crippen LogP contribution in [-0.4, -0.2) is 39.9 Å². The number of nitrogens with zero attached hydrogens (tertiary/aromatic N) is 3. The Hall–Kier alpha value is -2.12. The minimum Gasteiger partial charge on any atom is -0.269 e. The first-order chi connectivity index (χ1) is 12.9. The Kier molecular flexibility index (Phi) is 4.82. The summed E-state index contributed by atoms with van der Waals surface area (Å²) in [6.45, 7) is 4.15. The van der Waals surface area contributed by atoms with Crippen molar-refractivity contribution >= 4 is 21.6 Å². The maximum Gasteiger partial charge on any atom is 0.196 e. The van der Waals surface area contributed by atoms with Crippen LogP contribution in [0, 0.1) is 13.8 Å². The van der Waals surface area contributed by atoms with Gasteiger partial charge in [0, 0.05) is 10.8 Å². The lowest BCUT2D eigenvalue weighted by Gasteiger charge is -2.16. The van der Waals surface area contributed by atoms with Crippen molar-refractivity contribution in [3.05, 3.63) is 59.7 Å². The molecule has 1 atom stereocenters. The second-order valence-corrected chi connectivity index (χ2v) is 10.4. The van der Waals surface area contributed by atoms with Crippen molar-refractivity contribution in [2.24, 2.45) is 0 Å². The van der Waals surface area contributed by atoms with Crippen molar-refractivity contribution in [3.8, 4) is 17.1 Å². The van der Waals surface area contributed by atoms with E-state index >= 15 is 0 Å². The fourth-order valence-electron chi connectivity index (χ4n) is 3.48. The van der Waals surface area contributed by atoms with Gasteiger partial charge >= 0.3 is 0 Å². The zero-order chi connectivity index (χ0) is 19.0. The minimum atomic E-state index is -2.93. The van der Waals surface area contributed by atoms with Gasteiger partial charge in [-0.05, 0) is 31.4 Å². The van der Waals surface area contributed by atoms with Gasteiger partial charge in [-0.15, -0.1) is 10.2 Å². The molecule has 1 fully saturated rings. The van der Waals surface area contributed by atoms with E-state index in [4.69, 9.17) is 0 Å². The Morgan fingerprint density at radius 2 is 1.70 bits per heavy atom. The number of aromatic nitrogens is 3. The molecule has 2 heterocycles. The van der Waals surface area contributed by atoms with E-state index < -0.39 is 9.84 Å². The first kappa shape index (κ1) is 18.3. The molecule has 1 aliphatic heterocycles. The predicted molar refractivity (Wildman–Crippen MR) is 109 cm³/mol. The van der Waals surface area contributed by atoms with Crippen LogP contribution in [0.5, 0.6) is 0 Å². The fourth-order valence-corrected chi connectivity index (χ4v) is 6.98. The lowest BCUT2D eigenvalue weighted by atomic mass is 10.1. The standard InChI is InChI=1S/C20H21N3O2S2/c1-14-7-6-8-15(2)18(14)23-19(16-9-4-3-5-10-16)21-22-20(23)26-17-11-12-27(24,25)13-17/h3-10,17H,11-13H2,1-2H3. The first-order valence-electron chi connectivity index (χ1n) is 8.89. The normalized spacial score (nSPS) is 18.7. The molecule has 3 aromatic rings. The highest BCUT2D eigenvalue weighted by molar-refractivity contribution is 8.01. The van der Waals surface area contributed by atoms with Gasteiger partial charge in [0.2, 0.25) is 0 Å². The minimum absolute atomic E-state index is 0.0193. The van der Waals surface area contributed by atoms with Crippen LogP contribution < -0.4 is 0 Å². The van der Waals surface area contributed by atoms with E-state index in [1.165, 1.54) is 11.8 Å². The third-order valence-corrected chi connectivity index (χ3v) is 7.98. The zero-order valence-corrected chi connectivity index (χ0v) is 16.9. The summed E-state index contributed by atoms with van der Waals surface area (Å²) in [7, 11) is -2.93. The molecule has 2 aromatic carbocycles. The molecule has 1 unspecified atom stereocenters. The maximum absolute atomic E-state index is 11.9. The van der Waals surface area contributed by atoms with Crippen LogP contribution in [0.1, 0.15) is 17.5 Å². The second kappa shape index (κ2) is 7.13. The summed E-state index contributed by atoms with van der Waals surface area (Å²) in [5, 5.41) is 9.67. The maximum atomic E-state index is 11.9. The van der Waals surface area contributed by atoms with Crippen LogP contribution in [0.4, 0.5) is 0 Å². The molecule has 1 aromatic heterocycles. The van der Waals surface area contributed by atoms with E-state index in [9.17, 15) is 8.42 Å². The van der Waals surface area contributed by atoms with Crippen molar-refractivity contribution in [1.29, 1.82) is 0 Å². The number of hydrogen-bond acceptors (Lipinski definition) is 5. The molecule has 7 heteroatoms. The number of thioether (sulfide) groups is 1. The van der Waals surface area contributed by atoms with Crippen molar-refractivity contribution in [1.82, 2.24) is 14.8 Å². The summed E-state index contributed by atoms with van der Waals surface area (Å²) in [5.74, 6) is 1.24. The molecule has 0 aliphatic carbocycles. The molecular weight excluding hydrogens is 378 g/mol. The Labute approximate surface area is 163 Å². The number of aryl methyl sites for hydroxylation is 2.